The van der Waals surface area contributed by atoms with E-state index in [0.29, 0.717) is 11.3 Å². The minimum atomic E-state index is -1.11. The number of nitrogens with one attached hydrogen (secondary N) is 2. The molecule has 2 amide bonds. The van der Waals surface area contributed by atoms with Crippen molar-refractivity contribution in [2.24, 2.45) is 0 Å². The summed E-state index contributed by atoms with van der Waals surface area (Å²) in [5, 5.41) is 13.3. The number of aliphatic carboxylic acids is 1. The molecule has 0 radical (unpaired) electrons. The molecule has 1 rings (SSSR count). The molecule has 0 aliphatic heterocycles. The van der Waals surface area contributed by atoms with Gasteiger partial charge >= 0.3 is 5.97 Å². The maximum atomic E-state index is 11.6. The third-order valence-electron chi connectivity index (χ3n) is 2.38. The lowest BCUT2D eigenvalue weighted by Gasteiger charge is -2.09. The normalized spacial score (nSPS) is 10.2. The van der Waals surface area contributed by atoms with E-state index in [1.165, 1.54) is 12.1 Å². The van der Waals surface area contributed by atoms with E-state index < -0.39 is 18.4 Å². The van der Waals surface area contributed by atoms with Gasteiger partial charge in [-0.05, 0) is 38.1 Å². The Balaban J connectivity index is 2.51. The summed E-state index contributed by atoms with van der Waals surface area (Å²) in [5.74, 6) is -1.89. The molecular weight excluding hydrogens is 276 g/mol. The van der Waals surface area contributed by atoms with E-state index in [4.69, 9.17) is 9.84 Å². The van der Waals surface area contributed by atoms with Crippen LogP contribution in [0, 0.1) is 0 Å². The van der Waals surface area contributed by atoms with Crippen LogP contribution < -0.4 is 10.6 Å². The predicted molar refractivity (Wildman–Crippen MR) is 76.1 cm³/mol. The third kappa shape index (κ3) is 6.53. The fourth-order valence-electron chi connectivity index (χ4n) is 1.40. The molecule has 7 heteroatoms. The molecule has 0 fully saturated rings. The van der Waals surface area contributed by atoms with Gasteiger partial charge in [0.15, 0.2) is 0 Å². The van der Waals surface area contributed by atoms with E-state index in [1.54, 1.807) is 12.1 Å². The van der Waals surface area contributed by atoms with Gasteiger partial charge < -0.3 is 20.5 Å². The Morgan fingerprint density at radius 2 is 1.81 bits per heavy atom. The van der Waals surface area contributed by atoms with Crippen LogP contribution in [0.15, 0.2) is 24.3 Å². The van der Waals surface area contributed by atoms with Gasteiger partial charge in [0, 0.05) is 11.3 Å². The molecule has 0 bridgehead atoms. The Hall–Kier alpha value is -2.41. The Morgan fingerprint density at radius 3 is 2.33 bits per heavy atom. The second kappa shape index (κ2) is 8.01. The van der Waals surface area contributed by atoms with Gasteiger partial charge in [0.05, 0.1) is 6.10 Å². The van der Waals surface area contributed by atoms with Crippen LogP contribution in [-0.4, -0.2) is 42.1 Å². The first kappa shape index (κ1) is 16.6. The molecule has 1 aromatic rings. The van der Waals surface area contributed by atoms with Crippen LogP contribution in [0.4, 0.5) is 5.69 Å². The molecule has 0 unspecified atom stereocenters. The number of rotatable bonds is 7. The largest absolute Gasteiger partial charge is 0.480 e. The van der Waals surface area contributed by atoms with E-state index in [9.17, 15) is 14.4 Å². The van der Waals surface area contributed by atoms with Crippen LogP contribution in [-0.2, 0) is 14.3 Å². The van der Waals surface area contributed by atoms with Crippen LogP contribution in [0.1, 0.15) is 24.2 Å². The summed E-state index contributed by atoms with van der Waals surface area (Å²) in [4.78, 5) is 33.5. The van der Waals surface area contributed by atoms with Crippen molar-refractivity contribution < 1.29 is 24.2 Å². The molecule has 0 atom stereocenters. The number of carbonyl (C=O) groups excluding carboxylic acids is 2. The quantitative estimate of drug-likeness (QED) is 0.692. The molecule has 0 aromatic heterocycles. The highest BCUT2D eigenvalue weighted by Gasteiger charge is 2.08. The number of amides is 2. The van der Waals surface area contributed by atoms with E-state index in [-0.39, 0.29) is 18.6 Å². The maximum absolute atomic E-state index is 11.6. The number of hydrogen-bond acceptors (Lipinski definition) is 4. The average molecular weight is 294 g/mol. The molecule has 1 aromatic carbocycles. The molecule has 0 spiro atoms. The molecule has 0 saturated carbocycles. The van der Waals surface area contributed by atoms with Gasteiger partial charge in [-0.1, -0.05) is 0 Å². The van der Waals surface area contributed by atoms with Crippen LogP contribution in [0.2, 0.25) is 0 Å². The zero-order chi connectivity index (χ0) is 15.8. The first-order valence-electron chi connectivity index (χ1n) is 6.40. The van der Waals surface area contributed by atoms with Crippen molar-refractivity contribution in [2.75, 3.05) is 18.5 Å². The van der Waals surface area contributed by atoms with Crippen LogP contribution in [0.3, 0.4) is 0 Å². The Labute approximate surface area is 122 Å². The zero-order valence-electron chi connectivity index (χ0n) is 11.9. The molecule has 114 valence electrons. The van der Waals surface area contributed by atoms with Crippen LogP contribution in [0.5, 0.6) is 0 Å². The number of carboxylic acid groups (broad SMARTS) is 1. The van der Waals surface area contributed by atoms with E-state index in [0.717, 1.165) is 0 Å². The SMILES string of the molecule is CC(C)OCC(=O)Nc1ccc(C(=O)NCC(=O)O)cc1. The maximum Gasteiger partial charge on any atom is 0.322 e. The summed E-state index contributed by atoms with van der Waals surface area (Å²) in [6.07, 6.45) is -0.0314. The molecule has 0 aliphatic carbocycles. The highest BCUT2D eigenvalue weighted by molar-refractivity contribution is 5.97. The van der Waals surface area contributed by atoms with Gasteiger partial charge in [-0.3, -0.25) is 14.4 Å². The van der Waals surface area contributed by atoms with Gasteiger partial charge in [-0.15, -0.1) is 0 Å². The van der Waals surface area contributed by atoms with E-state index >= 15 is 0 Å². The standard InChI is InChI=1S/C14H18N2O5/c1-9(2)21-8-12(17)16-11-5-3-10(4-6-11)14(20)15-7-13(18)19/h3-6,9H,7-8H2,1-2H3,(H,15,20)(H,16,17)(H,18,19). The summed E-state index contributed by atoms with van der Waals surface area (Å²) in [6.45, 7) is 3.18. The summed E-state index contributed by atoms with van der Waals surface area (Å²) < 4.78 is 5.16. The predicted octanol–water partition coefficient (Wildman–Crippen LogP) is 0.864. The van der Waals surface area contributed by atoms with Gasteiger partial charge in [0.1, 0.15) is 13.2 Å². The number of anilines is 1. The summed E-state index contributed by atoms with van der Waals surface area (Å²) in [7, 11) is 0. The van der Waals surface area contributed by atoms with Crippen LogP contribution in [0.25, 0.3) is 0 Å². The Kier molecular flexibility index (Phi) is 6.35. The second-order valence-electron chi connectivity index (χ2n) is 4.56. The molecule has 21 heavy (non-hydrogen) atoms. The number of carbonyl (C=O) groups is 3. The van der Waals surface area contributed by atoms with Crippen molar-refractivity contribution in [2.45, 2.75) is 20.0 Å². The molecule has 0 saturated heterocycles. The molecule has 3 N–H and O–H groups in total. The number of benzene rings is 1. The van der Waals surface area contributed by atoms with Gasteiger partial charge in [-0.2, -0.15) is 0 Å². The molecule has 0 heterocycles. The average Bonchev–Trinajstić information content (AvgIpc) is 2.43. The highest BCUT2D eigenvalue weighted by atomic mass is 16.5. The monoisotopic (exact) mass is 294 g/mol. The summed E-state index contributed by atoms with van der Waals surface area (Å²) >= 11 is 0. The second-order valence-corrected chi connectivity index (χ2v) is 4.56. The fraction of sp³-hybridized carbons (Fsp3) is 0.357. The lowest BCUT2D eigenvalue weighted by molar-refractivity contribution is -0.135. The minimum absolute atomic E-state index is 0.0314. The van der Waals surface area contributed by atoms with Crippen LogP contribution >= 0.6 is 0 Å². The fourth-order valence-corrected chi connectivity index (χ4v) is 1.40. The van der Waals surface area contributed by atoms with Crippen molar-refractivity contribution in [3.8, 4) is 0 Å². The van der Waals surface area contributed by atoms with Crippen molar-refractivity contribution >= 4 is 23.5 Å². The lowest BCUT2D eigenvalue weighted by atomic mass is 10.2. The minimum Gasteiger partial charge on any atom is -0.480 e. The lowest BCUT2D eigenvalue weighted by Crippen LogP contribution is -2.29. The Morgan fingerprint density at radius 1 is 1.19 bits per heavy atom. The van der Waals surface area contributed by atoms with E-state index in [1.807, 2.05) is 13.8 Å². The van der Waals surface area contributed by atoms with Gasteiger partial charge in [0.2, 0.25) is 5.91 Å². The number of ether oxygens (including phenoxy) is 1. The molecule has 7 nitrogen and oxygen atoms in total. The zero-order valence-corrected chi connectivity index (χ0v) is 11.9. The smallest absolute Gasteiger partial charge is 0.322 e. The van der Waals surface area contributed by atoms with Crippen molar-refractivity contribution in [1.82, 2.24) is 5.32 Å². The Bertz CT molecular complexity index is 511. The third-order valence-corrected chi connectivity index (χ3v) is 2.38. The summed E-state index contributed by atoms with van der Waals surface area (Å²) in [6, 6.07) is 6.11. The van der Waals surface area contributed by atoms with E-state index in [2.05, 4.69) is 10.6 Å². The summed E-state index contributed by atoms with van der Waals surface area (Å²) in [5.41, 5.74) is 0.842. The molecule has 0 aliphatic rings. The number of hydrogen-bond donors (Lipinski definition) is 3. The number of carboxylic acids is 1. The van der Waals surface area contributed by atoms with Crippen molar-refractivity contribution in [3.05, 3.63) is 29.8 Å². The van der Waals surface area contributed by atoms with Gasteiger partial charge in [-0.25, -0.2) is 0 Å². The van der Waals surface area contributed by atoms with Crippen molar-refractivity contribution in [3.63, 3.8) is 0 Å². The first-order chi connectivity index (χ1) is 9.88. The highest BCUT2D eigenvalue weighted by Crippen LogP contribution is 2.09. The topological polar surface area (TPSA) is 105 Å². The first-order valence-corrected chi connectivity index (χ1v) is 6.40. The van der Waals surface area contributed by atoms with Gasteiger partial charge in [0.25, 0.3) is 5.91 Å². The molecular formula is C14H18N2O5. The van der Waals surface area contributed by atoms with Crippen molar-refractivity contribution in [1.29, 1.82) is 0 Å².